The Balaban J connectivity index is 0.000000216. The first-order chi connectivity index (χ1) is 22.3. The molecule has 0 amide bonds. The molecule has 1 radical (unpaired) electrons. The Bertz CT molecular complexity index is 2100. The second-order valence-electron chi connectivity index (χ2n) is 12.4. The molecule has 3 heterocycles. The zero-order chi connectivity index (χ0) is 35.2. The van der Waals surface area contributed by atoms with Gasteiger partial charge in [-0.1, -0.05) is 83.0 Å². The predicted octanol–water partition coefficient (Wildman–Crippen LogP) is 10.4. The van der Waals surface area contributed by atoms with E-state index in [-0.39, 0.29) is 25.7 Å². The van der Waals surface area contributed by atoms with E-state index in [2.05, 4.69) is 55.6 Å². The number of pyridine rings is 2. The third-order valence-electron chi connectivity index (χ3n) is 7.51. The van der Waals surface area contributed by atoms with Crippen molar-refractivity contribution < 1.29 is 38.8 Å². The summed E-state index contributed by atoms with van der Waals surface area (Å²) in [4.78, 5) is 8.93. The molecule has 0 unspecified atom stereocenters. The normalized spacial score (nSPS) is 13.4. The second-order valence-corrected chi connectivity index (χ2v) is 17.5. The Labute approximate surface area is 285 Å². The fourth-order valence-corrected chi connectivity index (χ4v) is 6.67. The topological polar surface area (TPSA) is 38.9 Å². The first-order valence-electron chi connectivity index (χ1n) is 16.6. The molecule has 6 rings (SSSR count). The first kappa shape index (κ1) is 28.9. The minimum atomic E-state index is -2.13. The van der Waals surface area contributed by atoms with Crippen LogP contribution >= 0.6 is 0 Å². The molecule has 0 atom stereocenters. The van der Waals surface area contributed by atoms with Crippen LogP contribution in [-0.2, 0) is 20.1 Å². The fourth-order valence-electron chi connectivity index (χ4n) is 5.09. The molecule has 0 saturated carbocycles. The Morgan fingerprint density at radius 3 is 2.33 bits per heavy atom. The van der Waals surface area contributed by atoms with E-state index in [0.29, 0.717) is 39.1 Å². The molecule has 0 fully saturated rings. The zero-order valence-electron chi connectivity index (χ0n) is 30.4. The molecule has 0 bridgehead atoms. The standard InChI is InChI=1S/C20H14F2NO.C18H24NSi.Ir/c1-11(2)12-7-8-23-17(9-12)14-5-6-16(22)19-15-4-3-13(21)10-18(15)24-20(14)19;1-13(2)16-11-17(15-9-7-14(3)8-10-15)19-12-18(16)20(4,5)6;/h3-4,6-11H,1-2H3;7-9,11-13H,1-6H3;/q2*-1;/i;3D3,13D;. The number of rotatable bonds is 5. The molecule has 0 aliphatic carbocycles. The van der Waals surface area contributed by atoms with Gasteiger partial charge in [0, 0.05) is 55.3 Å². The van der Waals surface area contributed by atoms with Crippen molar-refractivity contribution in [2.24, 2.45) is 0 Å². The van der Waals surface area contributed by atoms with E-state index in [0.717, 1.165) is 22.4 Å². The van der Waals surface area contributed by atoms with E-state index < -0.39 is 32.5 Å². The van der Waals surface area contributed by atoms with Crippen LogP contribution in [0.1, 0.15) is 61.7 Å². The molecular formula is C38H38F2IrN2OSi-2. The Hall–Kier alpha value is -3.51. The third-order valence-corrected chi connectivity index (χ3v) is 9.52. The summed E-state index contributed by atoms with van der Waals surface area (Å²) in [6.07, 6.45) is 3.61. The summed E-state index contributed by atoms with van der Waals surface area (Å²) in [5.41, 5.74) is 5.73. The predicted molar refractivity (Wildman–Crippen MR) is 180 cm³/mol. The quantitative estimate of drug-likeness (QED) is 0.129. The van der Waals surface area contributed by atoms with Crippen LogP contribution in [0.5, 0.6) is 0 Å². The molecule has 0 spiro atoms. The number of hydrogen-bond acceptors (Lipinski definition) is 3. The van der Waals surface area contributed by atoms with Crippen LogP contribution in [0.2, 0.25) is 19.6 Å². The van der Waals surface area contributed by atoms with Crippen molar-refractivity contribution in [1.29, 1.82) is 0 Å². The Kier molecular flexibility index (Phi) is 8.91. The molecular weight excluding hydrogens is 759 g/mol. The van der Waals surface area contributed by atoms with Gasteiger partial charge in [-0.25, -0.2) is 4.39 Å². The molecule has 3 nitrogen and oxygen atoms in total. The number of nitrogens with zero attached hydrogens (tertiary/aromatic N) is 2. The first-order valence-corrected chi connectivity index (χ1v) is 18.1. The molecule has 45 heavy (non-hydrogen) atoms. The molecule has 0 aliphatic heterocycles. The summed E-state index contributed by atoms with van der Waals surface area (Å²) in [5, 5.41) is 2.06. The van der Waals surface area contributed by atoms with Crippen LogP contribution in [0.15, 0.2) is 77.5 Å². The van der Waals surface area contributed by atoms with Crippen LogP contribution in [-0.4, -0.2) is 18.0 Å². The maximum absolute atomic E-state index is 14.3. The van der Waals surface area contributed by atoms with Gasteiger partial charge in [-0.3, -0.25) is 4.39 Å². The van der Waals surface area contributed by atoms with Crippen molar-refractivity contribution in [1.82, 2.24) is 9.97 Å². The SMILES string of the molecule is CC(C)c1ccnc(-c2[c-]cc(F)c3c2oc2cc(F)ccc23)c1.[2H]C([2H])([2H])c1c[c-]c(-c2cc(C([2H])(C)C)c([Si](C)(C)C)cn2)cc1.[Ir]. The van der Waals surface area contributed by atoms with Crippen molar-refractivity contribution in [2.75, 3.05) is 0 Å². The number of aryl methyl sites for hydroxylation is 1. The van der Waals surface area contributed by atoms with E-state index >= 15 is 0 Å². The third kappa shape index (κ3) is 7.49. The number of benzene rings is 3. The maximum atomic E-state index is 14.3. The molecule has 0 saturated heterocycles. The minimum Gasteiger partial charge on any atom is -0.500 e. The molecule has 3 aromatic carbocycles. The van der Waals surface area contributed by atoms with Gasteiger partial charge >= 0.3 is 0 Å². The number of halogens is 2. The van der Waals surface area contributed by atoms with Gasteiger partial charge in [0.2, 0.25) is 0 Å². The van der Waals surface area contributed by atoms with Gasteiger partial charge in [0.15, 0.2) is 0 Å². The van der Waals surface area contributed by atoms with Gasteiger partial charge in [0.25, 0.3) is 0 Å². The van der Waals surface area contributed by atoms with Gasteiger partial charge in [0.1, 0.15) is 11.4 Å². The number of furan rings is 1. The maximum Gasteiger partial charge on any atom is 0.126 e. The van der Waals surface area contributed by atoms with Crippen LogP contribution in [0.25, 0.3) is 44.5 Å². The molecule has 0 aliphatic rings. The van der Waals surface area contributed by atoms with E-state index in [1.54, 1.807) is 18.3 Å². The number of aromatic nitrogens is 2. The summed E-state index contributed by atoms with van der Waals surface area (Å²) in [6, 6.07) is 22.0. The van der Waals surface area contributed by atoms with Crippen molar-refractivity contribution in [3.63, 3.8) is 0 Å². The average Bonchev–Trinajstić information content (AvgIpc) is 3.39. The molecule has 7 heteroatoms. The summed E-state index contributed by atoms with van der Waals surface area (Å²) >= 11 is 0. The number of hydrogen-bond donors (Lipinski definition) is 0. The van der Waals surface area contributed by atoms with E-state index in [1.807, 2.05) is 38.2 Å². The van der Waals surface area contributed by atoms with Crippen LogP contribution < -0.4 is 5.19 Å². The van der Waals surface area contributed by atoms with Crippen molar-refractivity contribution in [3.8, 4) is 22.5 Å². The molecule has 235 valence electrons. The van der Waals surface area contributed by atoms with Gasteiger partial charge in [0.05, 0.1) is 13.7 Å². The van der Waals surface area contributed by atoms with Crippen molar-refractivity contribution in [2.45, 2.75) is 66.0 Å². The van der Waals surface area contributed by atoms with Gasteiger partial charge in [-0.15, -0.1) is 47.5 Å². The van der Waals surface area contributed by atoms with Crippen LogP contribution in [0.4, 0.5) is 8.78 Å². The van der Waals surface area contributed by atoms with Crippen LogP contribution in [0.3, 0.4) is 0 Å². The van der Waals surface area contributed by atoms with Crippen LogP contribution in [0, 0.1) is 30.6 Å². The molecule has 6 aromatic rings. The van der Waals surface area contributed by atoms with E-state index in [9.17, 15) is 8.78 Å². The monoisotopic (exact) mass is 801 g/mol. The van der Waals surface area contributed by atoms with Crippen molar-refractivity contribution >= 4 is 35.2 Å². The van der Waals surface area contributed by atoms with E-state index in [1.165, 1.54) is 35.5 Å². The zero-order valence-corrected chi connectivity index (χ0v) is 29.8. The van der Waals surface area contributed by atoms with Gasteiger partial charge in [-0.2, -0.15) is 0 Å². The van der Waals surface area contributed by atoms with E-state index in [4.69, 9.17) is 9.90 Å². The van der Waals surface area contributed by atoms with Crippen molar-refractivity contribution in [3.05, 3.63) is 114 Å². The average molecular weight is 801 g/mol. The minimum absolute atomic E-state index is 0. The second kappa shape index (κ2) is 13.9. The summed E-state index contributed by atoms with van der Waals surface area (Å²) in [7, 11) is -1.61. The van der Waals surface area contributed by atoms with Gasteiger partial charge < -0.3 is 14.4 Å². The summed E-state index contributed by atoms with van der Waals surface area (Å²) < 4.78 is 64.3. The Morgan fingerprint density at radius 1 is 0.911 bits per heavy atom. The smallest absolute Gasteiger partial charge is 0.126 e. The largest absolute Gasteiger partial charge is 0.500 e. The molecule has 0 N–H and O–H groups in total. The molecule has 3 aromatic heterocycles. The number of fused-ring (bicyclic) bond motifs is 3. The summed E-state index contributed by atoms with van der Waals surface area (Å²) in [6.45, 7) is 12.6. The summed E-state index contributed by atoms with van der Waals surface area (Å²) in [5.74, 6) is -1.25. The fraction of sp³-hybridized carbons (Fsp3) is 0.263. The van der Waals surface area contributed by atoms with Gasteiger partial charge in [-0.05, 0) is 52.0 Å². The Morgan fingerprint density at radius 2 is 1.69 bits per heavy atom.